The molecule has 2 aliphatic carbocycles. The fourth-order valence-corrected chi connectivity index (χ4v) is 2.88. The quantitative estimate of drug-likeness (QED) is 0.478. The third kappa shape index (κ3) is 1.32. The Morgan fingerprint density at radius 1 is 1.17 bits per heavy atom. The molecule has 0 amide bonds. The first-order valence-corrected chi connectivity index (χ1v) is 5.49. The summed E-state index contributed by atoms with van der Waals surface area (Å²) in [6.45, 7) is 4.84. The first-order chi connectivity index (χ1) is 5.79. The van der Waals surface area contributed by atoms with Gasteiger partial charge in [-0.05, 0) is 49.9 Å². The van der Waals surface area contributed by atoms with Crippen LogP contribution >= 0.6 is 0 Å². The Kier molecular flexibility index (Phi) is 2.25. The topological polar surface area (TPSA) is 0 Å². The van der Waals surface area contributed by atoms with Crippen molar-refractivity contribution in [3.63, 3.8) is 0 Å². The summed E-state index contributed by atoms with van der Waals surface area (Å²) in [5.41, 5.74) is 1.81. The van der Waals surface area contributed by atoms with Crippen LogP contribution in [0.4, 0.5) is 0 Å². The van der Waals surface area contributed by atoms with Crippen LogP contribution in [-0.2, 0) is 0 Å². The molecule has 2 aliphatic rings. The molecule has 3 atom stereocenters. The van der Waals surface area contributed by atoms with Crippen molar-refractivity contribution >= 4 is 0 Å². The van der Waals surface area contributed by atoms with Crippen LogP contribution in [0.5, 0.6) is 0 Å². The smallest absolute Gasteiger partial charge is 0.0200 e. The predicted octanol–water partition coefficient (Wildman–Crippen LogP) is 3.78. The molecule has 0 saturated heterocycles. The molecule has 0 bridgehead atoms. The molecule has 0 heteroatoms. The monoisotopic (exact) mass is 164 g/mol. The largest absolute Gasteiger partial charge is 0.0848 e. The Morgan fingerprint density at radius 3 is 2.83 bits per heavy atom. The highest BCUT2D eigenvalue weighted by atomic mass is 14.3. The molecular weight excluding hydrogens is 144 g/mol. The van der Waals surface area contributed by atoms with Gasteiger partial charge in [-0.1, -0.05) is 25.5 Å². The fraction of sp³-hybridized carbons (Fsp3) is 0.833. The molecule has 68 valence electrons. The highest BCUT2D eigenvalue weighted by Crippen LogP contribution is 2.42. The summed E-state index contributed by atoms with van der Waals surface area (Å²) in [6.07, 6.45) is 9.73. The second-order valence-electron chi connectivity index (χ2n) is 4.68. The maximum Gasteiger partial charge on any atom is -0.0200 e. The van der Waals surface area contributed by atoms with Gasteiger partial charge in [0.05, 0.1) is 0 Å². The first-order valence-electron chi connectivity index (χ1n) is 5.49. The zero-order chi connectivity index (χ0) is 8.55. The van der Waals surface area contributed by atoms with E-state index in [1.807, 2.05) is 0 Å². The minimum absolute atomic E-state index is 0.879. The van der Waals surface area contributed by atoms with Gasteiger partial charge in [-0.2, -0.15) is 0 Å². The second-order valence-corrected chi connectivity index (χ2v) is 4.68. The van der Waals surface area contributed by atoms with Gasteiger partial charge in [0, 0.05) is 0 Å². The average Bonchev–Trinajstić information content (AvgIpc) is 2.12. The lowest BCUT2D eigenvalue weighted by Gasteiger charge is -2.37. The van der Waals surface area contributed by atoms with Crippen molar-refractivity contribution in [2.24, 2.45) is 17.8 Å². The van der Waals surface area contributed by atoms with E-state index in [9.17, 15) is 0 Å². The highest BCUT2D eigenvalue weighted by Gasteiger charge is 2.30. The third-order valence-electron chi connectivity index (χ3n) is 3.96. The molecular formula is C12H20. The van der Waals surface area contributed by atoms with Gasteiger partial charge < -0.3 is 0 Å². The van der Waals surface area contributed by atoms with E-state index in [0.717, 1.165) is 17.8 Å². The molecule has 0 heterocycles. The van der Waals surface area contributed by atoms with Crippen molar-refractivity contribution in [1.29, 1.82) is 0 Å². The van der Waals surface area contributed by atoms with Gasteiger partial charge in [0.25, 0.3) is 0 Å². The lowest BCUT2D eigenvalue weighted by molar-refractivity contribution is 0.270. The van der Waals surface area contributed by atoms with E-state index in [1.54, 1.807) is 5.57 Å². The number of rotatable bonds is 0. The molecule has 2 rings (SSSR count). The summed E-state index contributed by atoms with van der Waals surface area (Å²) in [7, 11) is 0. The van der Waals surface area contributed by atoms with Crippen molar-refractivity contribution in [3.05, 3.63) is 11.6 Å². The van der Waals surface area contributed by atoms with E-state index in [1.165, 1.54) is 32.1 Å². The number of hydrogen-bond acceptors (Lipinski definition) is 0. The second kappa shape index (κ2) is 3.24. The van der Waals surface area contributed by atoms with E-state index in [-0.39, 0.29) is 0 Å². The first kappa shape index (κ1) is 8.34. The summed E-state index contributed by atoms with van der Waals surface area (Å²) in [5.74, 6) is 2.79. The minimum Gasteiger partial charge on any atom is -0.0848 e. The van der Waals surface area contributed by atoms with Crippen LogP contribution in [0.1, 0.15) is 46.0 Å². The van der Waals surface area contributed by atoms with Crippen molar-refractivity contribution in [1.82, 2.24) is 0 Å². The van der Waals surface area contributed by atoms with Crippen molar-refractivity contribution < 1.29 is 0 Å². The van der Waals surface area contributed by atoms with E-state index in [2.05, 4.69) is 19.9 Å². The van der Waals surface area contributed by atoms with Gasteiger partial charge in [0.15, 0.2) is 0 Å². The van der Waals surface area contributed by atoms with Crippen LogP contribution in [-0.4, -0.2) is 0 Å². The van der Waals surface area contributed by atoms with Crippen LogP contribution in [0.25, 0.3) is 0 Å². The van der Waals surface area contributed by atoms with E-state index >= 15 is 0 Å². The van der Waals surface area contributed by atoms with Crippen LogP contribution in [0, 0.1) is 17.8 Å². The Balaban J connectivity index is 2.16. The van der Waals surface area contributed by atoms with E-state index < -0.39 is 0 Å². The molecule has 1 saturated carbocycles. The molecule has 1 fully saturated rings. The van der Waals surface area contributed by atoms with Crippen LogP contribution in [0.15, 0.2) is 11.6 Å². The van der Waals surface area contributed by atoms with Gasteiger partial charge >= 0.3 is 0 Å². The van der Waals surface area contributed by atoms with Crippen molar-refractivity contribution in [3.8, 4) is 0 Å². The molecule has 0 radical (unpaired) electrons. The molecule has 0 aromatic heterocycles. The molecule has 12 heavy (non-hydrogen) atoms. The summed E-state index contributed by atoms with van der Waals surface area (Å²) in [4.78, 5) is 0. The molecule has 0 aromatic rings. The van der Waals surface area contributed by atoms with E-state index in [4.69, 9.17) is 0 Å². The van der Waals surface area contributed by atoms with Gasteiger partial charge in [-0.3, -0.25) is 0 Å². The maximum atomic E-state index is 2.54. The van der Waals surface area contributed by atoms with Gasteiger partial charge in [0.2, 0.25) is 0 Å². The average molecular weight is 164 g/mol. The minimum atomic E-state index is 0.879. The molecule has 0 N–H and O–H groups in total. The predicted molar refractivity (Wildman–Crippen MR) is 53.0 cm³/mol. The fourth-order valence-electron chi connectivity index (χ4n) is 2.88. The lowest BCUT2D eigenvalue weighted by atomic mass is 9.68. The summed E-state index contributed by atoms with van der Waals surface area (Å²) >= 11 is 0. The summed E-state index contributed by atoms with van der Waals surface area (Å²) < 4.78 is 0. The van der Waals surface area contributed by atoms with Crippen LogP contribution < -0.4 is 0 Å². The number of hydrogen-bond donors (Lipinski definition) is 0. The molecule has 3 unspecified atom stereocenters. The van der Waals surface area contributed by atoms with Gasteiger partial charge in [0.1, 0.15) is 0 Å². The number of allylic oxidation sites excluding steroid dienone is 2. The van der Waals surface area contributed by atoms with Crippen molar-refractivity contribution in [2.75, 3.05) is 0 Å². The Labute approximate surface area is 76.1 Å². The molecule has 0 aromatic carbocycles. The Bertz CT molecular complexity index is 190. The van der Waals surface area contributed by atoms with Crippen LogP contribution in [0.3, 0.4) is 0 Å². The maximum absolute atomic E-state index is 2.54. The van der Waals surface area contributed by atoms with Gasteiger partial charge in [-0.25, -0.2) is 0 Å². The molecule has 0 nitrogen and oxygen atoms in total. The van der Waals surface area contributed by atoms with Crippen molar-refractivity contribution in [2.45, 2.75) is 46.0 Å². The lowest BCUT2D eigenvalue weighted by Crippen LogP contribution is -2.25. The number of fused-ring (bicyclic) bond motifs is 1. The zero-order valence-electron chi connectivity index (χ0n) is 8.34. The highest BCUT2D eigenvalue weighted by molar-refractivity contribution is 5.16. The zero-order valence-corrected chi connectivity index (χ0v) is 8.34. The normalized spacial score (nSPS) is 41.8. The Hall–Kier alpha value is -0.260. The summed E-state index contributed by atoms with van der Waals surface area (Å²) in [6, 6.07) is 0. The molecule has 0 spiro atoms. The third-order valence-corrected chi connectivity index (χ3v) is 3.96. The SMILES string of the molecule is CC1CCC2CCCC=C2C1C. The van der Waals surface area contributed by atoms with Crippen LogP contribution in [0.2, 0.25) is 0 Å². The van der Waals surface area contributed by atoms with Gasteiger partial charge in [-0.15, -0.1) is 0 Å². The Morgan fingerprint density at radius 2 is 2.00 bits per heavy atom. The van der Waals surface area contributed by atoms with E-state index in [0.29, 0.717) is 0 Å². The molecule has 0 aliphatic heterocycles. The summed E-state index contributed by atoms with van der Waals surface area (Å²) in [5, 5.41) is 0. The standard InChI is InChI=1S/C12H20/c1-9-7-8-11-5-3-4-6-12(11)10(9)2/h6,9-11H,3-5,7-8H2,1-2H3.